The van der Waals surface area contributed by atoms with Gasteiger partial charge in [-0.25, -0.2) is 4.98 Å². The largest absolute Gasteiger partial charge is 0.476 e. The topological polar surface area (TPSA) is 99.4 Å². The number of anilines is 1. The second-order valence-corrected chi connectivity index (χ2v) is 6.04. The van der Waals surface area contributed by atoms with E-state index in [1.165, 1.54) is 6.20 Å². The van der Waals surface area contributed by atoms with Crippen molar-refractivity contribution in [3.05, 3.63) is 46.8 Å². The van der Waals surface area contributed by atoms with Gasteiger partial charge in [0.05, 0.1) is 24.4 Å². The Morgan fingerprint density at radius 2 is 1.96 bits per heavy atom. The Balaban J connectivity index is 1.94. The van der Waals surface area contributed by atoms with Crippen LogP contribution in [0.5, 0.6) is 11.9 Å². The summed E-state index contributed by atoms with van der Waals surface area (Å²) in [5, 5.41) is 7.22. The molecule has 0 saturated heterocycles. The maximum absolute atomic E-state index is 13.0. The fourth-order valence-corrected chi connectivity index (χ4v) is 2.77. The lowest BCUT2D eigenvalue weighted by Crippen LogP contribution is -2.15. The van der Waals surface area contributed by atoms with Gasteiger partial charge in [0, 0.05) is 5.56 Å². The number of benzene rings is 1. The monoisotopic (exact) mass is 402 g/mol. The van der Waals surface area contributed by atoms with Gasteiger partial charge < -0.3 is 19.3 Å². The van der Waals surface area contributed by atoms with Gasteiger partial charge in [-0.2, -0.15) is 4.98 Å². The third kappa shape index (κ3) is 4.07. The first kappa shape index (κ1) is 19.6. The summed E-state index contributed by atoms with van der Waals surface area (Å²) in [5.41, 5.74) is 1.52. The van der Waals surface area contributed by atoms with Crippen molar-refractivity contribution in [1.82, 2.24) is 15.1 Å². The molecule has 0 aliphatic heterocycles. The fraction of sp³-hybridized carbons (Fsp3) is 0.263. The third-order valence-corrected chi connectivity index (χ3v) is 4.08. The Kier molecular flexibility index (Phi) is 6.10. The molecule has 0 atom stereocenters. The van der Waals surface area contributed by atoms with Crippen LogP contribution in [0, 0.1) is 6.92 Å². The molecule has 0 fully saturated rings. The number of carbonyl (C=O) groups is 1. The molecule has 28 heavy (non-hydrogen) atoms. The molecular weight excluding hydrogens is 384 g/mol. The first-order valence-corrected chi connectivity index (χ1v) is 9.08. The minimum Gasteiger partial charge on any atom is -0.476 e. The van der Waals surface area contributed by atoms with E-state index < -0.39 is 5.91 Å². The molecule has 9 heteroatoms. The summed E-state index contributed by atoms with van der Waals surface area (Å²) in [7, 11) is 0. The Morgan fingerprint density at radius 1 is 1.21 bits per heavy atom. The molecule has 0 unspecified atom stereocenters. The number of ether oxygens (including phenoxy) is 2. The van der Waals surface area contributed by atoms with Crippen molar-refractivity contribution in [3.63, 3.8) is 0 Å². The quantitative estimate of drug-likeness (QED) is 0.633. The molecule has 146 valence electrons. The first-order chi connectivity index (χ1) is 13.5. The lowest BCUT2D eigenvalue weighted by atomic mass is 10.1. The van der Waals surface area contributed by atoms with Crippen molar-refractivity contribution < 1.29 is 18.8 Å². The molecule has 0 radical (unpaired) electrons. The Labute approximate surface area is 166 Å². The van der Waals surface area contributed by atoms with Crippen LogP contribution in [-0.4, -0.2) is 34.2 Å². The molecule has 0 saturated carbocycles. The normalized spacial score (nSPS) is 10.6. The summed E-state index contributed by atoms with van der Waals surface area (Å²) in [6.45, 7) is 6.07. The van der Waals surface area contributed by atoms with E-state index >= 15 is 0 Å². The van der Waals surface area contributed by atoms with Crippen LogP contribution < -0.4 is 14.8 Å². The molecule has 8 nitrogen and oxygen atoms in total. The average molecular weight is 403 g/mol. The van der Waals surface area contributed by atoms with Gasteiger partial charge in [0.25, 0.3) is 5.91 Å². The summed E-state index contributed by atoms with van der Waals surface area (Å²) in [5.74, 6) is 0.127. The molecule has 0 spiro atoms. The minimum atomic E-state index is -0.442. The number of amides is 1. The maximum Gasteiger partial charge on any atom is 0.319 e. The summed E-state index contributed by atoms with van der Waals surface area (Å²) < 4.78 is 16.0. The summed E-state index contributed by atoms with van der Waals surface area (Å²) in [6.07, 6.45) is 1.43. The number of aromatic nitrogens is 3. The minimum absolute atomic E-state index is 0.168. The molecule has 0 aliphatic carbocycles. The molecule has 0 bridgehead atoms. The summed E-state index contributed by atoms with van der Waals surface area (Å²) in [6, 6.07) is 7.25. The van der Waals surface area contributed by atoms with Gasteiger partial charge in [-0.3, -0.25) is 4.79 Å². The number of carbonyl (C=O) groups excluding carboxylic acids is 1. The van der Waals surface area contributed by atoms with Crippen molar-refractivity contribution in [2.75, 3.05) is 18.5 Å². The number of halogens is 1. The number of hydrogen-bond acceptors (Lipinski definition) is 7. The predicted octanol–water partition coefficient (Wildman–Crippen LogP) is 4.14. The second kappa shape index (κ2) is 8.71. The van der Waals surface area contributed by atoms with Crippen molar-refractivity contribution >= 4 is 23.2 Å². The number of nitrogens with zero attached hydrogens (tertiary/aromatic N) is 3. The second-order valence-electron chi connectivity index (χ2n) is 5.63. The lowest BCUT2D eigenvalue weighted by molar-refractivity contribution is 0.102. The van der Waals surface area contributed by atoms with E-state index in [2.05, 4.69) is 20.4 Å². The third-order valence-electron chi connectivity index (χ3n) is 3.75. The van der Waals surface area contributed by atoms with E-state index in [0.717, 1.165) is 0 Å². The molecule has 3 rings (SSSR count). The zero-order valence-electron chi connectivity index (χ0n) is 15.7. The molecule has 1 amide bonds. The fourth-order valence-electron chi connectivity index (χ4n) is 2.54. The van der Waals surface area contributed by atoms with Crippen LogP contribution >= 0.6 is 11.6 Å². The zero-order chi connectivity index (χ0) is 20.1. The van der Waals surface area contributed by atoms with E-state index in [9.17, 15) is 4.79 Å². The predicted molar refractivity (Wildman–Crippen MR) is 104 cm³/mol. The number of hydrogen-bond donors (Lipinski definition) is 1. The van der Waals surface area contributed by atoms with Gasteiger partial charge >= 0.3 is 6.01 Å². The number of rotatable bonds is 7. The molecule has 1 N–H and O–H groups in total. The molecular formula is C19H19ClN4O4. The number of aryl methyl sites for hydroxylation is 1. The maximum atomic E-state index is 13.0. The van der Waals surface area contributed by atoms with Crippen molar-refractivity contribution in [1.29, 1.82) is 0 Å². The highest BCUT2D eigenvalue weighted by Gasteiger charge is 2.24. The molecule has 2 aromatic heterocycles. The SMILES string of the molecule is CCOc1ncc(NC(=O)c2c(-c3ccccc3Cl)noc2C)c(OCC)n1. The Bertz CT molecular complexity index is 990. The lowest BCUT2D eigenvalue weighted by Gasteiger charge is -2.11. The first-order valence-electron chi connectivity index (χ1n) is 8.70. The van der Waals surface area contributed by atoms with Crippen LogP contribution in [0.3, 0.4) is 0 Å². The van der Waals surface area contributed by atoms with Gasteiger partial charge in [0.15, 0.2) is 0 Å². The molecule has 2 heterocycles. The molecule has 1 aromatic carbocycles. The van der Waals surface area contributed by atoms with E-state index in [-0.39, 0.29) is 17.5 Å². The summed E-state index contributed by atoms with van der Waals surface area (Å²) >= 11 is 6.25. The smallest absolute Gasteiger partial charge is 0.319 e. The van der Waals surface area contributed by atoms with Crippen molar-refractivity contribution in [2.45, 2.75) is 20.8 Å². The average Bonchev–Trinajstić information content (AvgIpc) is 3.06. The Hall–Kier alpha value is -3.13. The van der Waals surface area contributed by atoms with Crippen LogP contribution in [0.2, 0.25) is 5.02 Å². The van der Waals surface area contributed by atoms with E-state index in [1.54, 1.807) is 31.2 Å². The molecule has 3 aromatic rings. The van der Waals surface area contributed by atoms with Gasteiger partial charge in [0.2, 0.25) is 5.88 Å². The van der Waals surface area contributed by atoms with Crippen molar-refractivity contribution in [3.8, 4) is 23.1 Å². The highest BCUT2D eigenvalue weighted by atomic mass is 35.5. The van der Waals surface area contributed by atoms with Crippen molar-refractivity contribution in [2.24, 2.45) is 0 Å². The van der Waals surface area contributed by atoms with E-state index in [4.69, 9.17) is 25.6 Å². The van der Waals surface area contributed by atoms with Crippen LogP contribution in [0.1, 0.15) is 30.0 Å². The van der Waals surface area contributed by atoms with Crippen LogP contribution in [0.25, 0.3) is 11.3 Å². The van der Waals surface area contributed by atoms with Crippen LogP contribution in [-0.2, 0) is 0 Å². The van der Waals surface area contributed by atoms with Crippen LogP contribution in [0.4, 0.5) is 5.69 Å². The highest BCUT2D eigenvalue weighted by molar-refractivity contribution is 6.33. The number of nitrogens with one attached hydrogen (secondary N) is 1. The van der Waals surface area contributed by atoms with E-state index in [0.29, 0.717) is 40.9 Å². The van der Waals surface area contributed by atoms with Gasteiger partial charge in [-0.15, -0.1) is 0 Å². The standard InChI is InChI=1S/C19H19ClN4O4/c1-4-26-18-14(10-21-19(23-18)27-5-2)22-17(25)15-11(3)28-24-16(15)12-8-6-7-9-13(12)20/h6-10H,4-5H2,1-3H3,(H,22,25). The highest BCUT2D eigenvalue weighted by Crippen LogP contribution is 2.32. The van der Waals surface area contributed by atoms with Crippen LogP contribution in [0.15, 0.2) is 35.0 Å². The van der Waals surface area contributed by atoms with Gasteiger partial charge in [-0.1, -0.05) is 35.0 Å². The van der Waals surface area contributed by atoms with Gasteiger partial charge in [-0.05, 0) is 26.8 Å². The summed E-state index contributed by atoms with van der Waals surface area (Å²) in [4.78, 5) is 21.2. The Morgan fingerprint density at radius 3 is 2.68 bits per heavy atom. The zero-order valence-corrected chi connectivity index (χ0v) is 16.4. The van der Waals surface area contributed by atoms with E-state index in [1.807, 2.05) is 13.8 Å². The van der Waals surface area contributed by atoms with Gasteiger partial charge in [0.1, 0.15) is 22.7 Å². The molecule has 0 aliphatic rings.